The van der Waals surface area contributed by atoms with Gasteiger partial charge in [-0.3, -0.25) is 4.79 Å². The topological polar surface area (TPSA) is 17.1 Å². The van der Waals surface area contributed by atoms with E-state index in [2.05, 4.69) is 32.0 Å². The molecule has 0 saturated heterocycles. The second-order valence-corrected chi connectivity index (χ2v) is 4.85. The lowest BCUT2D eigenvalue weighted by atomic mass is 9.79. The van der Waals surface area contributed by atoms with E-state index in [0.717, 1.165) is 30.4 Å². The van der Waals surface area contributed by atoms with Crippen LogP contribution in [0.1, 0.15) is 54.1 Å². The van der Waals surface area contributed by atoms with E-state index < -0.39 is 0 Å². The highest BCUT2D eigenvalue weighted by Crippen LogP contribution is 2.30. The lowest BCUT2D eigenvalue weighted by Crippen LogP contribution is -2.23. The summed E-state index contributed by atoms with van der Waals surface area (Å²) in [5.41, 5.74) is 3.44. The first-order chi connectivity index (χ1) is 7.74. The molecular weight excluding hydrogens is 196 g/mol. The molecular formula is C15H20O. The van der Waals surface area contributed by atoms with Gasteiger partial charge in [0.05, 0.1) is 0 Å². The van der Waals surface area contributed by atoms with Gasteiger partial charge in [0.25, 0.3) is 0 Å². The number of carbonyl (C=O) groups is 1. The summed E-state index contributed by atoms with van der Waals surface area (Å²) in [4.78, 5) is 12.3. The van der Waals surface area contributed by atoms with Crippen molar-refractivity contribution in [1.29, 1.82) is 0 Å². The lowest BCUT2D eigenvalue weighted by molar-refractivity contribution is 0.0892. The van der Waals surface area contributed by atoms with Crippen LogP contribution in [0.5, 0.6) is 0 Å². The molecule has 1 aliphatic rings. The number of rotatable bonds is 3. The van der Waals surface area contributed by atoms with Crippen molar-refractivity contribution in [3.05, 3.63) is 34.9 Å². The molecule has 0 spiro atoms. The molecule has 1 aromatic carbocycles. The van der Waals surface area contributed by atoms with E-state index in [-0.39, 0.29) is 5.92 Å². The summed E-state index contributed by atoms with van der Waals surface area (Å²) in [7, 11) is 0. The number of hydrogen-bond acceptors (Lipinski definition) is 1. The molecule has 0 aliphatic heterocycles. The number of hydrogen-bond donors (Lipinski definition) is 0. The van der Waals surface area contributed by atoms with Crippen LogP contribution in [0.15, 0.2) is 18.2 Å². The zero-order chi connectivity index (χ0) is 11.5. The molecule has 0 bridgehead atoms. The van der Waals surface area contributed by atoms with E-state index in [1.54, 1.807) is 0 Å². The molecule has 1 aromatic rings. The van der Waals surface area contributed by atoms with Crippen LogP contribution in [-0.4, -0.2) is 5.78 Å². The van der Waals surface area contributed by atoms with Crippen LogP contribution < -0.4 is 0 Å². The maximum absolute atomic E-state index is 12.3. The Hall–Kier alpha value is -1.11. The van der Waals surface area contributed by atoms with Gasteiger partial charge in [0, 0.05) is 11.5 Å². The fourth-order valence-corrected chi connectivity index (χ4v) is 2.68. The van der Waals surface area contributed by atoms with Crippen LogP contribution >= 0.6 is 0 Å². The highest BCUT2D eigenvalue weighted by molar-refractivity contribution is 6.01. The number of Topliss-reactive ketones (excluding diaryl/α,β-unsaturated/α-hetero) is 1. The summed E-state index contributed by atoms with van der Waals surface area (Å²) in [5, 5.41) is 0. The Kier molecular flexibility index (Phi) is 3.42. The third-order valence-electron chi connectivity index (χ3n) is 3.64. The quantitative estimate of drug-likeness (QED) is 0.748. The number of ketones is 1. The second-order valence-electron chi connectivity index (χ2n) is 4.85. The van der Waals surface area contributed by atoms with Crippen molar-refractivity contribution < 1.29 is 4.79 Å². The smallest absolute Gasteiger partial charge is 0.166 e. The molecule has 0 aromatic heterocycles. The van der Waals surface area contributed by atoms with Crippen LogP contribution in [0.4, 0.5) is 0 Å². The number of fused-ring (bicyclic) bond motifs is 1. The Balaban J connectivity index is 2.24. The van der Waals surface area contributed by atoms with E-state index in [1.807, 2.05) is 0 Å². The predicted octanol–water partition coefficient (Wildman–Crippen LogP) is 3.93. The summed E-state index contributed by atoms with van der Waals surface area (Å²) < 4.78 is 0. The molecule has 16 heavy (non-hydrogen) atoms. The Morgan fingerprint density at radius 1 is 1.38 bits per heavy atom. The van der Waals surface area contributed by atoms with Crippen LogP contribution in [0.2, 0.25) is 0 Å². The van der Waals surface area contributed by atoms with Crippen molar-refractivity contribution in [2.24, 2.45) is 5.92 Å². The Morgan fingerprint density at radius 3 is 2.94 bits per heavy atom. The van der Waals surface area contributed by atoms with Gasteiger partial charge in [-0.15, -0.1) is 0 Å². The molecule has 1 heteroatoms. The standard InChI is InChI=1S/C15H20O/c1-3-4-7-13-10-9-12-8-5-6-11(2)14(12)15(13)16/h5-6,8,13H,3-4,7,9-10H2,1-2H3/t13-/m0/s1. The van der Waals surface area contributed by atoms with Gasteiger partial charge in [0.1, 0.15) is 0 Å². The predicted molar refractivity (Wildman–Crippen MR) is 66.8 cm³/mol. The van der Waals surface area contributed by atoms with Crippen LogP contribution in [-0.2, 0) is 6.42 Å². The van der Waals surface area contributed by atoms with Gasteiger partial charge in [-0.2, -0.15) is 0 Å². The molecule has 0 radical (unpaired) electrons. The van der Waals surface area contributed by atoms with Crippen molar-refractivity contribution in [2.45, 2.75) is 46.0 Å². The van der Waals surface area contributed by atoms with Crippen molar-refractivity contribution in [3.8, 4) is 0 Å². The first kappa shape index (κ1) is 11.4. The minimum Gasteiger partial charge on any atom is -0.294 e. The molecule has 1 aliphatic carbocycles. The average molecular weight is 216 g/mol. The van der Waals surface area contributed by atoms with Gasteiger partial charge in [-0.05, 0) is 37.3 Å². The van der Waals surface area contributed by atoms with Crippen molar-refractivity contribution in [2.75, 3.05) is 0 Å². The van der Waals surface area contributed by atoms with Crippen LogP contribution in [0.25, 0.3) is 0 Å². The molecule has 0 amide bonds. The van der Waals surface area contributed by atoms with E-state index in [0.29, 0.717) is 5.78 Å². The largest absolute Gasteiger partial charge is 0.294 e. The van der Waals surface area contributed by atoms with Crippen LogP contribution in [0.3, 0.4) is 0 Å². The third-order valence-corrected chi connectivity index (χ3v) is 3.64. The monoisotopic (exact) mass is 216 g/mol. The molecule has 0 heterocycles. The van der Waals surface area contributed by atoms with Gasteiger partial charge in [0.2, 0.25) is 0 Å². The number of aryl methyl sites for hydroxylation is 2. The summed E-state index contributed by atoms with van der Waals surface area (Å²) >= 11 is 0. The van der Waals surface area contributed by atoms with E-state index in [9.17, 15) is 4.79 Å². The Labute approximate surface area is 97.9 Å². The molecule has 0 N–H and O–H groups in total. The Morgan fingerprint density at radius 2 is 2.19 bits per heavy atom. The fraction of sp³-hybridized carbons (Fsp3) is 0.533. The van der Waals surface area contributed by atoms with Gasteiger partial charge < -0.3 is 0 Å². The molecule has 1 nitrogen and oxygen atoms in total. The zero-order valence-electron chi connectivity index (χ0n) is 10.3. The zero-order valence-corrected chi connectivity index (χ0v) is 10.3. The number of carbonyl (C=O) groups excluding carboxylic acids is 1. The van der Waals surface area contributed by atoms with Gasteiger partial charge >= 0.3 is 0 Å². The van der Waals surface area contributed by atoms with Crippen LogP contribution in [0, 0.1) is 12.8 Å². The van der Waals surface area contributed by atoms with E-state index in [4.69, 9.17) is 0 Å². The fourth-order valence-electron chi connectivity index (χ4n) is 2.68. The van der Waals surface area contributed by atoms with Gasteiger partial charge in [0.15, 0.2) is 5.78 Å². The van der Waals surface area contributed by atoms with Crippen molar-refractivity contribution in [1.82, 2.24) is 0 Å². The lowest BCUT2D eigenvalue weighted by Gasteiger charge is -2.24. The normalized spacial score (nSPS) is 19.6. The molecule has 0 unspecified atom stereocenters. The molecule has 2 rings (SSSR count). The second kappa shape index (κ2) is 4.82. The van der Waals surface area contributed by atoms with E-state index >= 15 is 0 Å². The van der Waals surface area contributed by atoms with Crippen molar-refractivity contribution in [3.63, 3.8) is 0 Å². The van der Waals surface area contributed by atoms with Gasteiger partial charge in [-0.1, -0.05) is 38.0 Å². The molecule has 0 fully saturated rings. The summed E-state index contributed by atoms with van der Waals surface area (Å²) in [5.74, 6) is 0.682. The molecule has 0 saturated carbocycles. The van der Waals surface area contributed by atoms with Crippen molar-refractivity contribution >= 4 is 5.78 Å². The van der Waals surface area contributed by atoms with Gasteiger partial charge in [-0.25, -0.2) is 0 Å². The highest BCUT2D eigenvalue weighted by atomic mass is 16.1. The SMILES string of the molecule is CCCC[C@H]1CCc2cccc(C)c2C1=O. The Bertz CT molecular complexity index is 392. The minimum absolute atomic E-state index is 0.286. The number of unbranched alkanes of at least 4 members (excludes halogenated alkanes) is 1. The third kappa shape index (κ3) is 2.04. The average Bonchev–Trinajstić information content (AvgIpc) is 2.28. The highest BCUT2D eigenvalue weighted by Gasteiger charge is 2.27. The first-order valence-electron chi connectivity index (χ1n) is 6.36. The number of benzene rings is 1. The maximum Gasteiger partial charge on any atom is 0.166 e. The summed E-state index contributed by atoms with van der Waals surface area (Å²) in [6.45, 7) is 4.24. The molecule has 1 atom stereocenters. The molecule has 86 valence electrons. The summed E-state index contributed by atoms with van der Waals surface area (Å²) in [6.07, 6.45) is 5.57. The van der Waals surface area contributed by atoms with E-state index in [1.165, 1.54) is 18.4 Å². The maximum atomic E-state index is 12.3. The minimum atomic E-state index is 0.286. The first-order valence-corrected chi connectivity index (χ1v) is 6.36. The summed E-state index contributed by atoms with van der Waals surface area (Å²) in [6, 6.07) is 6.23.